The molecule has 80 valence electrons. The number of halogens is 2. The van der Waals surface area contributed by atoms with Gasteiger partial charge in [-0.25, -0.2) is 0 Å². The maximum atomic E-state index is 9.16. The van der Waals surface area contributed by atoms with Crippen molar-refractivity contribution < 1.29 is 8.42 Å². The fourth-order valence-electron chi connectivity index (χ4n) is 0.839. The molecule has 0 radical (unpaired) electrons. The predicted octanol–water partition coefficient (Wildman–Crippen LogP) is 2.16. The van der Waals surface area contributed by atoms with Crippen LogP contribution in [0.4, 0.5) is 0 Å². The molecule has 0 unspecified atom stereocenters. The van der Waals surface area contributed by atoms with E-state index in [0.717, 1.165) is 0 Å². The summed E-state index contributed by atoms with van der Waals surface area (Å²) in [6.45, 7) is 2.71. The highest BCUT2D eigenvalue weighted by Gasteiger charge is 1.88. The summed E-state index contributed by atoms with van der Waals surface area (Å²) in [5, 5.41) is 0. The third kappa shape index (κ3) is 9.80. The maximum Gasteiger partial charge on any atom is 0.317 e. The van der Waals surface area contributed by atoms with E-state index in [0.29, 0.717) is 6.54 Å². The quantitative estimate of drug-likeness (QED) is 0.783. The molecule has 0 atom stereocenters. The van der Waals surface area contributed by atoms with Gasteiger partial charge in [0, 0.05) is 27.9 Å². The van der Waals surface area contributed by atoms with Gasteiger partial charge in [0.2, 0.25) is 0 Å². The highest BCUT2D eigenvalue weighted by molar-refractivity contribution is 8.31. The zero-order chi connectivity index (χ0) is 11.2. The van der Waals surface area contributed by atoms with Crippen molar-refractivity contribution in [3.63, 3.8) is 0 Å². The van der Waals surface area contributed by atoms with E-state index in [9.17, 15) is 0 Å². The van der Waals surface area contributed by atoms with Gasteiger partial charge in [0.25, 0.3) is 0 Å². The number of hydrogen-bond donors (Lipinski definition) is 1. The van der Waals surface area contributed by atoms with Crippen LogP contribution >= 0.6 is 21.4 Å². The summed E-state index contributed by atoms with van der Waals surface area (Å²) in [6.07, 6.45) is 0. The fraction of sp³-hybridized carbons (Fsp3) is 0.250. The van der Waals surface area contributed by atoms with E-state index in [2.05, 4.69) is 40.4 Å². The molecule has 0 saturated heterocycles. The third-order valence-corrected chi connectivity index (χ3v) is 1.32. The average Bonchev–Trinajstić information content (AvgIpc) is 2.01. The summed E-state index contributed by atoms with van der Waals surface area (Å²) in [5.74, 6) is 0. The molecule has 14 heavy (non-hydrogen) atoms. The predicted molar refractivity (Wildman–Crippen MR) is 59.7 cm³/mol. The Morgan fingerprint density at radius 2 is 1.86 bits per heavy atom. The third-order valence-electron chi connectivity index (χ3n) is 1.32. The highest BCUT2D eigenvalue weighted by Crippen LogP contribution is 2.01. The van der Waals surface area contributed by atoms with Crippen LogP contribution in [0, 0.1) is 6.92 Å². The molecule has 2 N–H and O–H groups in total. The van der Waals surface area contributed by atoms with Crippen LogP contribution in [0.5, 0.6) is 0 Å². The van der Waals surface area contributed by atoms with Crippen molar-refractivity contribution in [1.29, 1.82) is 0 Å². The van der Waals surface area contributed by atoms with E-state index in [4.69, 9.17) is 14.2 Å². The molecule has 0 amide bonds. The fourth-order valence-corrected chi connectivity index (χ4v) is 0.839. The largest absolute Gasteiger partial charge is 0.326 e. The molecule has 6 heteroatoms. The van der Waals surface area contributed by atoms with Crippen LogP contribution in [0.15, 0.2) is 24.3 Å². The van der Waals surface area contributed by atoms with Crippen LogP contribution in [0.1, 0.15) is 11.1 Å². The second-order valence-electron chi connectivity index (χ2n) is 2.57. The lowest BCUT2D eigenvalue weighted by Crippen LogP contribution is -1.95. The van der Waals surface area contributed by atoms with E-state index >= 15 is 0 Å². The Morgan fingerprint density at radius 1 is 1.36 bits per heavy atom. The first kappa shape index (κ1) is 13.7. The van der Waals surface area contributed by atoms with E-state index in [-0.39, 0.29) is 0 Å². The van der Waals surface area contributed by atoms with E-state index in [1.165, 1.54) is 11.1 Å². The minimum atomic E-state index is -3.72. The topological polar surface area (TPSA) is 60.2 Å². The summed E-state index contributed by atoms with van der Waals surface area (Å²) in [4.78, 5) is 0. The first-order chi connectivity index (χ1) is 6.33. The lowest BCUT2D eigenvalue weighted by atomic mass is 10.1. The van der Waals surface area contributed by atoms with Crippen molar-refractivity contribution in [3.8, 4) is 0 Å². The number of hydrogen-bond acceptors (Lipinski definition) is 3. The van der Waals surface area contributed by atoms with E-state index in [1.54, 1.807) is 0 Å². The maximum absolute atomic E-state index is 9.16. The minimum Gasteiger partial charge on any atom is -0.326 e. The summed E-state index contributed by atoms with van der Waals surface area (Å²) < 4.78 is 18.3. The van der Waals surface area contributed by atoms with Crippen LogP contribution in [0.25, 0.3) is 0 Å². The Kier molecular flexibility index (Phi) is 6.11. The van der Waals surface area contributed by atoms with Gasteiger partial charge < -0.3 is 5.73 Å². The summed E-state index contributed by atoms with van der Waals surface area (Å²) in [7, 11) is 4.81. The van der Waals surface area contributed by atoms with Crippen LogP contribution in [0.2, 0.25) is 0 Å². The SMILES string of the molecule is Cc1cccc(CN)c1.O=S(=O)(Cl)Cl. The van der Waals surface area contributed by atoms with Crippen molar-refractivity contribution in [3.05, 3.63) is 35.4 Å². The molecule has 0 heterocycles. The van der Waals surface area contributed by atoms with Gasteiger partial charge in [0.1, 0.15) is 0 Å². The molecule has 0 spiro atoms. The molecule has 0 aliphatic rings. The van der Waals surface area contributed by atoms with Crippen LogP contribution < -0.4 is 5.73 Å². The number of nitrogens with two attached hydrogens (primary N) is 1. The van der Waals surface area contributed by atoms with Crippen molar-refractivity contribution in [2.24, 2.45) is 5.73 Å². The Morgan fingerprint density at radius 3 is 2.14 bits per heavy atom. The Hall–Kier alpha value is -0.290. The molecular formula is C8H11Cl2NO2S. The Bertz CT molecular complexity index is 371. The van der Waals surface area contributed by atoms with Crippen LogP contribution in [-0.2, 0) is 14.8 Å². The number of rotatable bonds is 1. The molecule has 0 saturated carbocycles. The van der Waals surface area contributed by atoms with Gasteiger partial charge in [-0.1, -0.05) is 29.8 Å². The monoisotopic (exact) mass is 255 g/mol. The summed E-state index contributed by atoms with van der Waals surface area (Å²) >= 11 is 0. The van der Waals surface area contributed by atoms with Crippen molar-refractivity contribution in [2.75, 3.05) is 0 Å². The first-order valence-electron chi connectivity index (χ1n) is 3.73. The molecule has 1 aromatic rings. The van der Waals surface area contributed by atoms with Gasteiger partial charge in [-0.05, 0) is 12.5 Å². The van der Waals surface area contributed by atoms with Gasteiger partial charge in [-0.2, -0.15) is 8.42 Å². The van der Waals surface area contributed by atoms with Gasteiger partial charge in [-0.15, -0.1) is 0 Å². The molecular weight excluding hydrogens is 245 g/mol. The lowest BCUT2D eigenvalue weighted by molar-refractivity contribution is 0.621. The zero-order valence-corrected chi connectivity index (χ0v) is 9.90. The van der Waals surface area contributed by atoms with E-state index < -0.39 is 8.26 Å². The molecule has 0 aliphatic carbocycles. The first-order valence-corrected chi connectivity index (χ1v) is 6.86. The van der Waals surface area contributed by atoms with Crippen LogP contribution in [-0.4, -0.2) is 8.42 Å². The van der Waals surface area contributed by atoms with Crippen molar-refractivity contribution >= 4 is 29.6 Å². The molecule has 3 nitrogen and oxygen atoms in total. The average molecular weight is 256 g/mol. The number of aryl methyl sites for hydroxylation is 1. The number of benzene rings is 1. The smallest absolute Gasteiger partial charge is 0.317 e. The molecule has 0 aromatic heterocycles. The van der Waals surface area contributed by atoms with Gasteiger partial charge in [-0.3, -0.25) is 0 Å². The molecule has 0 bridgehead atoms. The summed E-state index contributed by atoms with van der Waals surface area (Å²) in [5.41, 5.74) is 7.90. The zero-order valence-electron chi connectivity index (χ0n) is 7.57. The standard InChI is InChI=1S/C8H11N.Cl2O2S/c1-7-3-2-4-8(5-7)6-9;1-5(2,3)4/h2-5H,6,9H2,1H3;. The molecule has 0 fully saturated rings. The van der Waals surface area contributed by atoms with Gasteiger partial charge >= 0.3 is 8.26 Å². The molecule has 0 aliphatic heterocycles. The molecule has 1 rings (SSSR count). The Balaban J connectivity index is 0.000000292. The van der Waals surface area contributed by atoms with Gasteiger partial charge in [0.05, 0.1) is 0 Å². The van der Waals surface area contributed by atoms with Gasteiger partial charge in [0.15, 0.2) is 0 Å². The van der Waals surface area contributed by atoms with E-state index in [1.807, 2.05) is 12.1 Å². The second kappa shape index (κ2) is 6.24. The van der Waals surface area contributed by atoms with Crippen LogP contribution in [0.3, 0.4) is 0 Å². The van der Waals surface area contributed by atoms with Crippen molar-refractivity contribution in [1.82, 2.24) is 0 Å². The highest BCUT2D eigenvalue weighted by atomic mass is 36.0. The second-order valence-corrected chi connectivity index (χ2v) is 6.24. The lowest BCUT2D eigenvalue weighted by Gasteiger charge is -1.95. The normalized spacial score (nSPS) is 10.3. The van der Waals surface area contributed by atoms with Crippen molar-refractivity contribution in [2.45, 2.75) is 13.5 Å². The molecule has 1 aromatic carbocycles. The Labute approximate surface area is 92.7 Å². The minimum absolute atomic E-state index is 0.641. The summed E-state index contributed by atoms with van der Waals surface area (Å²) in [6, 6.07) is 8.23.